The molecule has 9 heteroatoms. The summed E-state index contributed by atoms with van der Waals surface area (Å²) in [5.41, 5.74) is 1.43. The minimum absolute atomic E-state index is 0.0273. The first-order chi connectivity index (χ1) is 14.1. The maximum atomic E-state index is 12.0. The highest BCUT2D eigenvalue weighted by molar-refractivity contribution is 7.18. The van der Waals surface area contributed by atoms with E-state index in [1.807, 2.05) is 12.1 Å². The Kier molecular flexibility index (Phi) is 4.38. The monoisotopic (exact) mass is 421 g/mol. The third-order valence-electron chi connectivity index (χ3n) is 4.70. The topological polar surface area (TPSA) is 105 Å². The quantitative estimate of drug-likeness (QED) is 0.509. The van der Waals surface area contributed by atoms with Crippen LogP contribution in [-0.2, 0) is 17.6 Å². The summed E-state index contributed by atoms with van der Waals surface area (Å²) in [6.07, 6.45) is 1.77. The molecule has 0 bridgehead atoms. The highest BCUT2D eigenvalue weighted by Crippen LogP contribution is 2.34. The Morgan fingerprint density at radius 2 is 2.14 bits per heavy atom. The number of nitrogens with one attached hydrogen (secondary N) is 1. The Morgan fingerprint density at radius 3 is 2.90 bits per heavy atom. The van der Waals surface area contributed by atoms with Gasteiger partial charge < -0.3 is 9.73 Å². The molecule has 4 aromatic rings. The molecule has 1 aliphatic rings. The van der Waals surface area contributed by atoms with Crippen LogP contribution in [0.5, 0.6) is 0 Å². The van der Waals surface area contributed by atoms with Crippen LogP contribution in [0.25, 0.3) is 20.7 Å². The zero-order chi connectivity index (χ0) is 19.8. The Bertz CT molecular complexity index is 1230. The van der Waals surface area contributed by atoms with E-state index in [-0.39, 0.29) is 18.2 Å². The molecule has 1 N–H and O–H groups in total. The van der Waals surface area contributed by atoms with E-state index in [4.69, 9.17) is 9.68 Å². The smallest absolute Gasteiger partial charge is 0.230 e. The fraction of sp³-hybridized carbons (Fsp3) is 0.250. The number of nitriles is 1. The number of thiazole rings is 1. The van der Waals surface area contributed by atoms with Gasteiger partial charge in [-0.1, -0.05) is 12.1 Å². The number of hydrogen-bond donors (Lipinski definition) is 1. The molecule has 1 saturated carbocycles. The number of benzene rings is 1. The normalized spacial score (nSPS) is 14.6. The van der Waals surface area contributed by atoms with E-state index < -0.39 is 5.54 Å². The van der Waals surface area contributed by atoms with Crippen molar-refractivity contribution in [2.24, 2.45) is 0 Å². The molecule has 3 aromatic heterocycles. The lowest BCUT2D eigenvalue weighted by Gasteiger charge is -2.06. The summed E-state index contributed by atoms with van der Waals surface area (Å²) in [5.74, 6) is 0.388. The number of carbonyl (C=O) groups excluding carboxylic acids is 1. The van der Waals surface area contributed by atoms with Crippen molar-refractivity contribution in [3.8, 4) is 16.5 Å². The van der Waals surface area contributed by atoms with Crippen LogP contribution in [0.15, 0.2) is 40.1 Å². The molecule has 1 aliphatic carbocycles. The van der Waals surface area contributed by atoms with E-state index in [0.29, 0.717) is 25.2 Å². The van der Waals surface area contributed by atoms with Crippen molar-refractivity contribution in [2.75, 3.05) is 0 Å². The summed E-state index contributed by atoms with van der Waals surface area (Å²) in [5, 5.41) is 22.7. The average Bonchev–Trinajstić information content (AvgIpc) is 3.13. The molecule has 0 saturated heterocycles. The van der Waals surface area contributed by atoms with Crippen LogP contribution in [0.1, 0.15) is 29.6 Å². The van der Waals surface area contributed by atoms with E-state index in [1.54, 1.807) is 22.7 Å². The molecular weight excluding hydrogens is 406 g/mol. The number of nitrogens with zero attached hydrogens (tertiary/aromatic N) is 4. The largest absolute Gasteiger partial charge is 0.424 e. The molecule has 1 aromatic carbocycles. The summed E-state index contributed by atoms with van der Waals surface area (Å²) >= 11 is 3.31. The summed E-state index contributed by atoms with van der Waals surface area (Å²) in [6.45, 7) is 0. The number of hydrogen-bond acceptors (Lipinski definition) is 8. The molecule has 144 valence electrons. The fourth-order valence-electron chi connectivity index (χ4n) is 3.04. The second-order valence-corrected chi connectivity index (χ2v) is 9.02. The Balaban J connectivity index is 1.27. The van der Waals surface area contributed by atoms with Crippen LogP contribution in [0.4, 0.5) is 0 Å². The van der Waals surface area contributed by atoms with Gasteiger partial charge in [-0.05, 0) is 42.0 Å². The van der Waals surface area contributed by atoms with Crippen molar-refractivity contribution in [2.45, 2.75) is 31.2 Å². The lowest BCUT2D eigenvalue weighted by molar-refractivity contribution is -0.121. The molecule has 0 aliphatic heterocycles. The molecule has 1 fully saturated rings. The SMILES string of the molecule is N#CC1(NC(=O)Cc2nnc(Cc3nc4ccc(-c5cccs5)cc4s3)o2)CC1. The molecule has 1 amide bonds. The van der Waals surface area contributed by atoms with Crippen LogP contribution in [-0.4, -0.2) is 26.6 Å². The molecular formula is C20H15N5O2S2. The van der Waals surface area contributed by atoms with Crippen molar-refractivity contribution in [3.05, 3.63) is 52.5 Å². The van der Waals surface area contributed by atoms with Gasteiger partial charge in [0.25, 0.3) is 0 Å². The molecule has 3 heterocycles. The Hall–Kier alpha value is -3.09. The molecule has 5 rings (SSSR count). The molecule has 0 unspecified atom stereocenters. The van der Waals surface area contributed by atoms with E-state index in [2.05, 4.69) is 50.1 Å². The van der Waals surface area contributed by atoms with Crippen LogP contribution in [0, 0.1) is 11.3 Å². The predicted molar refractivity (Wildman–Crippen MR) is 109 cm³/mol. The predicted octanol–water partition coefficient (Wildman–Crippen LogP) is 3.71. The van der Waals surface area contributed by atoms with E-state index in [9.17, 15) is 4.79 Å². The molecule has 0 spiro atoms. The van der Waals surface area contributed by atoms with Crippen LogP contribution >= 0.6 is 22.7 Å². The summed E-state index contributed by atoms with van der Waals surface area (Å²) in [4.78, 5) is 17.9. The number of aromatic nitrogens is 3. The standard InChI is InChI=1S/C20H15N5O2S2/c21-11-20(5-6-20)23-16(26)9-17-24-25-18(27-17)10-19-22-13-4-3-12(8-15(13)29-19)14-2-1-7-28-14/h1-4,7-8H,5-6,9-10H2,(H,23,26). The highest BCUT2D eigenvalue weighted by Gasteiger charge is 2.44. The third-order valence-corrected chi connectivity index (χ3v) is 6.64. The summed E-state index contributed by atoms with van der Waals surface area (Å²) in [7, 11) is 0. The van der Waals surface area contributed by atoms with Crippen molar-refractivity contribution in [1.29, 1.82) is 5.26 Å². The third kappa shape index (κ3) is 3.77. The van der Waals surface area contributed by atoms with Gasteiger partial charge in [-0.2, -0.15) is 5.26 Å². The first kappa shape index (κ1) is 18.0. The maximum Gasteiger partial charge on any atom is 0.230 e. The number of rotatable bonds is 6. The van der Waals surface area contributed by atoms with E-state index in [1.165, 1.54) is 10.4 Å². The first-order valence-corrected chi connectivity index (χ1v) is 10.8. The van der Waals surface area contributed by atoms with Crippen molar-refractivity contribution < 1.29 is 9.21 Å². The number of carbonyl (C=O) groups is 1. The van der Waals surface area contributed by atoms with Gasteiger partial charge in [-0.25, -0.2) is 4.98 Å². The lowest BCUT2D eigenvalue weighted by Crippen LogP contribution is -2.36. The van der Waals surface area contributed by atoms with E-state index >= 15 is 0 Å². The van der Waals surface area contributed by atoms with Gasteiger partial charge in [0.2, 0.25) is 17.7 Å². The molecule has 7 nitrogen and oxygen atoms in total. The maximum absolute atomic E-state index is 12.0. The zero-order valence-corrected chi connectivity index (χ0v) is 16.8. The molecule has 0 atom stereocenters. The lowest BCUT2D eigenvalue weighted by atomic mass is 10.2. The second kappa shape index (κ2) is 7.06. The minimum atomic E-state index is -0.692. The van der Waals surface area contributed by atoms with Gasteiger partial charge in [0, 0.05) is 4.88 Å². The molecule has 29 heavy (non-hydrogen) atoms. The van der Waals surface area contributed by atoms with E-state index in [0.717, 1.165) is 15.2 Å². The van der Waals surface area contributed by atoms with Crippen molar-refractivity contribution in [1.82, 2.24) is 20.5 Å². The fourth-order valence-corrected chi connectivity index (χ4v) is 4.76. The van der Waals surface area contributed by atoms with Gasteiger partial charge in [-0.15, -0.1) is 32.9 Å². The van der Waals surface area contributed by atoms with Gasteiger partial charge >= 0.3 is 0 Å². The Morgan fingerprint density at radius 1 is 1.28 bits per heavy atom. The van der Waals surface area contributed by atoms with Crippen LogP contribution in [0.3, 0.4) is 0 Å². The van der Waals surface area contributed by atoms with Gasteiger partial charge in [0.15, 0.2) is 0 Å². The minimum Gasteiger partial charge on any atom is -0.424 e. The second-order valence-electron chi connectivity index (χ2n) is 6.95. The summed E-state index contributed by atoms with van der Waals surface area (Å²) in [6, 6.07) is 12.5. The summed E-state index contributed by atoms with van der Waals surface area (Å²) < 4.78 is 6.72. The van der Waals surface area contributed by atoms with Crippen molar-refractivity contribution >= 4 is 38.8 Å². The van der Waals surface area contributed by atoms with Crippen LogP contribution in [0.2, 0.25) is 0 Å². The van der Waals surface area contributed by atoms with Gasteiger partial charge in [0.05, 0.1) is 22.7 Å². The molecule has 0 radical (unpaired) electrons. The Labute approximate surface area is 174 Å². The first-order valence-electron chi connectivity index (χ1n) is 9.09. The van der Waals surface area contributed by atoms with Crippen LogP contribution < -0.4 is 5.32 Å². The number of fused-ring (bicyclic) bond motifs is 1. The average molecular weight is 422 g/mol. The number of thiophene rings is 1. The van der Waals surface area contributed by atoms with Gasteiger partial charge in [0.1, 0.15) is 17.0 Å². The van der Waals surface area contributed by atoms with Gasteiger partial charge in [-0.3, -0.25) is 4.79 Å². The van der Waals surface area contributed by atoms with Crippen molar-refractivity contribution in [3.63, 3.8) is 0 Å². The zero-order valence-electron chi connectivity index (χ0n) is 15.2. The highest BCUT2D eigenvalue weighted by atomic mass is 32.1. The number of amides is 1.